The lowest BCUT2D eigenvalue weighted by atomic mass is 9.84. The van der Waals surface area contributed by atoms with Crippen LogP contribution in [-0.2, 0) is 9.53 Å². The molecular weight excluding hydrogens is 384 g/mol. The van der Waals surface area contributed by atoms with Gasteiger partial charge in [-0.15, -0.1) is 0 Å². The number of nitrogens with one attached hydrogen (secondary N) is 2. The molecule has 1 saturated carbocycles. The minimum atomic E-state index is -0.485. The van der Waals surface area contributed by atoms with Crippen LogP contribution in [0.2, 0.25) is 0 Å². The zero-order valence-electron chi connectivity index (χ0n) is 18.0. The smallest absolute Gasteiger partial charge is 0.305 e. The van der Waals surface area contributed by atoms with E-state index < -0.39 is 12.2 Å². The molecule has 170 valence electrons. The number of aliphatic hydroxyl groups excluding tert-OH is 2. The Balaban J connectivity index is 1.72. The number of methoxy groups -OCH3 is 1. The number of para-hydroxylation sites is 1. The van der Waals surface area contributed by atoms with Crippen molar-refractivity contribution in [2.75, 3.05) is 19.0 Å². The highest BCUT2D eigenvalue weighted by Crippen LogP contribution is 2.39. The van der Waals surface area contributed by atoms with Gasteiger partial charge in [0.1, 0.15) is 0 Å². The number of aliphatic hydroxyl groups is 2. The molecule has 1 aliphatic carbocycles. The van der Waals surface area contributed by atoms with Crippen molar-refractivity contribution in [3.63, 3.8) is 0 Å². The number of esters is 1. The van der Waals surface area contributed by atoms with Gasteiger partial charge in [-0.3, -0.25) is 4.79 Å². The third kappa shape index (κ3) is 8.22. The molecule has 5 N–H and O–H groups in total. The molecule has 0 radical (unpaired) electrons. The molecule has 1 aromatic rings. The van der Waals surface area contributed by atoms with Crippen molar-refractivity contribution < 1.29 is 25.0 Å². The molecule has 7 heteroatoms. The molecule has 0 spiro atoms. The quantitative estimate of drug-likeness (QED) is 0.178. The molecule has 7 nitrogen and oxygen atoms in total. The molecule has 1 fully saturated rings. The Morgan fingerprint density at radius 1 is 1.13 bits per heavy atom. The molecule has 0 aromatic heterocycles. The van der Waals surface area contributed by atoms with E-state index in [0.717, 1.165) is 44.2 Å². The summed E-state index contributed by atoms with van der Waals surface area (Å²) in [4.78, 5) is 11.2. The van der Waals surface area contributed by atoms with E-state index in [9.17, 15) is 20.2 Å². The van der Waals surface area contributed by atoms with Gasteiger partial charge in [0.05, 0.1) is 19.3 Å². The Bertz CT molecular complexity index is 601. The van der Waals surface area contributed by atoms with E-state index in [4.69, 9.17) is 0 Å². The summed E-state index contributed by atoms with van der Waals surface area (Å²) in [7, 11) is 1.41. The number of unbranched alkanes of at least 4 members (excludes halogenated alkanes) is 3. The van der Waals surface area contributed by atoms with Crippen molar-refractivity contribution in [2.24, 2.45) is 11.8 Å². The lowest BCUT2D eigenvalue weighted by molar-refractivity contribution is -0.140. The van der Waals surface area contributed by atoms with Crippen LogP contribution < -0.4 is 10.8 Å². The minimum absolute atomic E-state index is 0.115. The first-order valence-electron chi connectivity index (χ1n) is 11.2. The standard InChI is InChI=1S/C23H38N2O5/c1-30-23(28)12-8-3-2-7-11-20-19(21(25-29)15-22(20)27)14-13-18(26)16-24-17-9-5-4-6-10-17/h4-6,9-10,18-22,24-27,29H,2-3,7-8,11-16H2,1H3/t18-,19-,20?,21?,22+/m1/s1. The Labute approximate surface area is 179 Å². The van der Waals surface area contributed by atoms with Gasteiger partial charge in [0, 0.05) is 24.7 Å². The summed E-state index contributed by atoms with van der Waals surface area (Å²) in [5.41, 5.74) is 3.36. The van der Waals surface area contributed by atoms with Crippen LogP contribution in [0.3, 0.4) is 0 Å². The average Bonchev–Trinajstić information content (AvgIpc) is 3.08. The second-order valence-corrected chi connectivity index (χ2v) is 8.37. The predicted molar refractivity (Wildman–Crippen MR) is 116 cm³/mol. The highest BCUT2D eigenvalue weighted by atomic mass is 16.5. The van der Waals surface area contributed by atoms with Crippen LogP contribution in [0.1, 0.15) is 57.8 Å². The summed E-state index contributed by atoms with van der Waals surface area (Å²) in [6.45, 7) is 0.474. The SMILES string of the molecule is COC(=O)CCCCCCC1[C@@H](CC[C@@H](O)CNc2ccccc2)C(NO)C[C@@H]1O. The van der Waals surface area contributed by atoms with Crippen molar-refractivity contribution >= 4 is 11.7 Å². The van der Waals surface area contributed by atoms with Crippen molar-refractivity contribution in [1.82, 2.24) is 5.48 Å². The number of hydrogen-bond donors (Lipinski definition) is 5. The van der Waals surface area contributed by atoms with Crippen molar-refractivity contribution in [3.8, 4) is 0 Å². The number of benzene rings is 1. The van der Waals surface area contributed by atoms with Gasteiger partial charge in [0.2, 0.25) is 0 Å². The number of anilines is 1. The summed E-state index contributed by atoms with van der Waals surface area (Å²) in [6.07, 6.45) is 6.10. The van der Waals surface area contributed by atoms with Crippen molar-refractivity contribution in [1.29, 1.82) is 0 Å². The predicted octanol–water partition coefficient (Wildman–Crippen LogP) is 3.10. The van der Waals surface area contributed by atoms with E-state index in [2.05, 4.69) is 15.5 Å². The maximum atomic E-state index is 11.2. The van der Waals surface area contributed by atoms with Gasteiger partial charge in [-0.1, -0.05) is 37.5 Å². The van der Waals surface area contributed by atoms with Crippen molar-refractivity contribution in [2.45, 2.75) is 76.0 Å². The third-order valence-corrected chi connectivity index (χ3v) is 6.27. The summed E-state index contributed by atoms with van der Waals surface area (Å²) >= 11 is 0. The fourth-order valence-electron chi connectivity index (χ4n) is 4.55. The summed E-state index contributed by atoms with van der Waals surface area (Å²) in [6, 6.07) is 9.64. The molecule has 5 atom stereocenters. The van der Waals surface area contributed by atoms with E-state index in [-0.39, 0.29) is 23.8 Å². The van der Waals surface area contributed by atoms with Crippen LogP contribution >= 0.6 is 0 Å². The number of hydrogen-bond acceptors (Lipinski definition) is 7. The van der Waals surface area contributed by atoms with Gasteiger partial charge in [0.25, 0.3) is 0 Å². The van der Waals surface area contributed by atoms with Gasteiger partial charge in [0.15, 0.2) is 0 Å². The summed E-state index contributed by atoms with van der Waals surface area (Å²) in [5, 5.41) is 33.6. The van der Waals surface area contributed by atoms with E-state index in [1.54, 1.807) is 0 Å². The van der Waals surface area contributed by atoms with Crippen molar-refractivity contribution in [3.05, 3.63) is 30.3 Å². The highest BCUT2D eigenvalue weighted by molar-refractivity contribution is 5.68. The molecule has 0 amide bonds. The lowest BCUT2D eigenvalue weighted by Crippen LogP contribution is -2.33. The van der Waals surface area contributed by atoms with Crippen LogP contribution in [0.5, 0.6) is 0 Å². The second-order valence-electron chi connectivity index (χ2n) is 8.37. The maximum absolute atomic E-state index is 11.2. The third-order valence-electron chi connectivity index (χ3n) is 6.27. The monoisotopic (exact) mass is 422 g/mol. The fraction of sp³-hybridized carbons (Fsp3) is 0.696. The molecule has 0 aliphatic heterocycles. The number of carbonyl (C=O) groups excluding carboxylic acids is 1. The molecule has 0 bridgehead atoms. The lowest BCUT2D eigenvalue weighted by Gasteiger charge is -2.26. The maximum Gasteiger partial charge on any atom is 0.305 e. The van der Waals surface area contributed by atoms with Gasteiger partial charge >= 0.3 is 5.97 Å². The zero-order valence-corrected chi connectivity index (χ0v) is 18.0. The number of hydroxylamine groups is 1. The van der Waals surface area contributed by atoms with E-state index in [1.165, 1.54) is 7.11 Å². The fourth-order valence-corrected chi connectivity index (χ4v) is 4.55. The van der Waals surface area contributed by atoms with Crippen LogP contribution in [0.25, 0.3) is 0 Å². The molecule has 1 aliphatic rings. The van der Waals surface area contributed by atoms with Gasteiger partial charge in [-0.05, 0) is 56.1 Å². The molecule has 30 heavy (non-hydrogen) atoms. The number of rotatable bonds is 14. The summed E-state index contributed by atoms with van der Waals surface area (Å²) < 4.78 is 4.65. The number of ether oxygens (including phenoxy) is 1. The molecular formula is C23H38N2O5. The topological polar surface area (TPSA) is 111 Å². The Hall–Kier alpha value is -1.67. The first-order valence-corrected chi connectivity index (χ1v) is 11.2. The minimum Gasteiger partial charge on any atom is -0.469 e. The van der Waals surface area contributed by atoms with Crippen LogP contribution in [0, 0.1) is 11.8 Å². The average molecular weight is 423 g/mol. The van der Waals surface area contributed by atoms with E-state index in [1.807, 2.05) is 30.3 Å². The first-order chi connectivity index (χ1) is 14.5. The van der Waals surface area contributed by atoms with Crippen LogP contribution in [-0.4, -0.2) is 53.3 Å². The first kappa shape index (κ1) is 24.6. The van der Waals surface area contributed by atoms with E-state index >= 15 is 0 Å². The molecule has 2 rings (SSSR count). The largest absolute Gasteiger partial charge is 0.469 e. The summed E-state index contributed by atoms with van der Waals surface area (Å²) in [5.74, 6) is 0.0782. The van der Waals surface area contributed by atoms with Gasteiger partial charge in [-0.2, -0.15) is 0 Å². The molecule has 2 unspecified atom stereocenters. The Kier molecular flexibility index (Phi) is 11.1. The van der Waals surface area contributed by atoms with Gasteiger partial charge < -0.3 is 25.5 Å². The Morgan fingerprint density at radius 2 is 1.87 bits per heavy atom. The Morgan fingerprint density at radius 3 is 2.57 bits per heavy atom. The molecule has 1 aromatic carbocycles. The van der Waals surface area contributed by atoms with Crippen LogP contribution in [0.4, 0.5) is 5.69 Å². The second kappa shape index (κ2) is 13.6. The molecule has 0 saturated heterocycles. The normalized spacial score (nSPS) is 24.5. The van der Waals surface area contributed by atoms with Crippen LogP contribution in [0.15, 0.2) is 30.3 Å². The number of carbonyl (C=O) groups is 1. The zero-order chi connectivity index (χ0) is 21.8. The van der Waals surface area contributed by atoms with Gasteiger partial charge in [-0.25, -0.2) is 5.48 Å². The molecule has 0 heterocycles. The van der Waals surface area contributed by atoms with E-state index in [0.29, 0.717) is 25.8 Å². The highest BCUT2D eigenvalue weighted by Gasteiger charge is 2.41.